The van der Waals surface area contributed by atoms with Crippen LogP contribution in [-0.4, -0.2) is 44.4 Å². The third-order valence-electron chi connectivity index (χ3n) is 5.83. The van der Waals surface area contributed by atoms with Crippen LogP contribution in [0.5, 0.6) is 0 Å². The van der Waals surface area contributed by atoms with Crippen LogP contribution < -0.4 is 19.8 Å². The summed E-state index contributed by atoms with van der Waals surface area (Å²) in [6.45, 7) is 0. The highest BCUT2D eigenvalue weighted by molar-refractivity contribution is 7.89. The van der Waals surface area contributed by atoms with E-state index in [1.165, 1.54) is 0 Å². The summed E-state index contributed by atoms with van der Waals surface area (Å²) in [7, 11) is 0.0526. The lowest BCUT2D eigenvalue weighted by molar-refractivity contribution is -0.120. The number of nitrogens with one attached hydrogen (secondary N) is 2. The van der Waals surface area contributed by atoms with E-state index in [4.69, 9.17) is 0 Å². The SMILES string of the molecule is CN1C(=O)C(c2ccccc2)N(C)c2nc(Nc3ccc(S(=O)(=O)NC4CC4)cc3)ncc21. The maximum atomic E-state index is 13.0. The van der Waals surface area contributed by atoms with Gasteiger partial charge in [0.1, 0.15) is 11.7 Å². The van der Waals surface area contributed by atoms with Gasteiger partial charge in [0.2, 0.25) is 16.0 Å². The number of rotatable bonds is 6. The first kappa shape index (κ1) is 21.4. The summed E-state index contributed by atoms with van der Waals surface area (Å²) in [6, 6.07) is 15.6. The summed E-state index contributed by atoms with van der Waals surface area (Å²) in [5.74, 6) is 0.912. The number of amides is 1. The van der Waals surface area contributed by atoms with Crippen LogP contribution in [0.15, 0.2) is 65.7 Å². The van der Waals surface area contributed by atoms with E-state index in [9.17, 15) is 13.2 Å². The highest BCUT2D eigenvalue weighted by Crippen LogP contribution is 2.39. The fourth-order valence-corrected chi connectivity index (χ4v) is 5.15. The number of nitrogens with zero attached hydrogens (tertiary/aromatic N) is 4. The standard InChI is InChI=1S/C23H24N6O3S/c1-28-19-14-24-23(25-16-10-12-18(13-11-16)33(31,32)27-17-8-9-17)26-21(19)29(2)20(22(28)30)15-6-4-3-5-7-15/h3-7,10-14,17,20,27H,8-9H2,1-2H3,(H,24,25,26). The molecule has 0 bridgehead atoms. The minimum absolute atomic E-state index is 0.0541. The topological polar surface area (TPSA) is 108 Å². The molecule has 2 aliphatic rings. The second kappa shape index (κ2) is 8.13. The molecule has 1 aliphatic heterocycles. The number of anilines is 4. The number of fused-ring (bicyclic) bond motifs is 1. The average Bonchev–Trinajstić information content (AvgIpc) is 3.62. The fourth-order valence-electron chi connectivity index (χ4n) is 3.85. The molecule has 1 amide bonds. The zero-order chi connectivity index (χ0) is 23.2. The summed E-state index contributed by atoms with van der Waals surface area (Å²) in [5, 5.41) is 3.12. The van der Waals surface area contributed by atoms with Crippen molar-refractivity contribution < 1.29 is 13.2 Å². The lowest BCUT2D eigenvalue weighted by Gasteiger charge is -2.38. The number of hydrogen-bond acceptors (Lipinski definition) is 7. The molecule has 0 spiro atoms. The van der Waals surface area contributed by atoms with Crippen molar-refractivity contribution in [2.24, 2.45) is 0 Å². The van der Waals surface area contributed by atoms with Gasteiger partial charge in [-0.3, -0.25) is 4.79 Å². The van der Waals surface area contributed by atoms with Gasteiger partial charge in [-0.05, 0) is 42.7 Å². The number of benzene rings is 2. The minimum atomic E-state index is -3.50. The van der Waals surface area contributed by atoms with Crippen LogP contribution in [-0.2, 0) is 14.8 Å². The molecule has 170 valence electrons. The summed E-state index contributed by atoms with van der Waals surface area (Å²) in [4.78, 5) is 25.7. The van der Waals surface area contributed by atoms with Gasteiger partial charge in [0.15, 0.2) is 5.82 Å². The molecule has 1 fully saturated rings. The number of sulfonamides is 1. The Bertz CT molecular complexity index is 1290. The minimum Gasteiger partial charge on any atom is -0.342 e. The molecular weight excluding hydrogens is 440 g/mol. The van der Waals surface area contributed by atoms with E-state index >= 15 is 0 Å². The van der Waals surface area contributed by atoms with E-state index in [0.717, 1.165) is 18.4 Å². The number of carbonyl (C=O) groups is 1. The van der Waals surface area contributed by atoms with E-state index < -0.39 is 16.1 Å². The van der Waals surface area contributed by atoms with Crippen LogP contribution >= 0.6 is 0 Å². The molecule has 0 saturated heterocycles. The summed E-state index contributed by atoms with van der Waals surface area (Å²) < 4.78 is 27.4. The van der Waals surface area contributed by atoms with E-state index in [1.54, 1.807) is 42.4 Å². The van der Waals surface area contributed by atoms with Gasteiger partial charge in [-0.15, -0.1) is 0 Å². The van der Waals surface area contributed by atoms with Crippen molar-refractivity contribution in [1.82, 2.24) is 14.7 Å². The number of hydrogen-bond donors (Lipinski definition) is 2. The molecule has 3 aromatic rings. The molecule has 0 radical (unpaired) electrons. The Hall–Kier alpha value is -3.50. The van der Waals surface area contributed by atoms with Crippen LogP contribution in [0, 0.1) is 0 Å². The highest BCUT2D eigenvalue weighted by atomic mass is 32.2. The molecule has 10 heteroatoms. The Morgan fingerprint density at radius 2 is 1.70 bits per heavy atom. The quantitative estimate of drug-likeness (QED) is 0.578. The molecule has 5 rings (SSSR count). The summed E-state index contributed by atoms with van der Waals surface area (Å²) in [6.07, 6.45) is 3.38. The molecule has 1 atom stereocenters. The molecule has 9 nitrogen and oxygen atoms in total. The van der Waals surface area contributed by atoms with Crippen LogP contribution in [0.2, 0.25) is 0 Å². The van der Waals surface area contributed by atoms with Crippen molar-refractivity contribution in [1.29, 1.82) is 0 Å². The first-order chi connectivity index (χ1) is 15.8. The third kappa shape index (κ3) is 4.14. The van der Waals surface area contributed by atoms with Crippen molar-refractivity contribution in [2.45, 2.75) is 29.8 Å². The van der Waals surface area contributed by atoms with E-state index in [1.807, 2.05) is 42.3 Å². The van der Waals surface area contributed by atoms with Gasteiger partial charge >= 0.3 is 0 Å². The van der Waals surface area contributed by atoms with Crippen LogP contribution in [0.1, 0.15) is 24.4 Å². The maximum Gasteiger partial charge on any atom is 0.254 e. The van der Waals surface area contributed by atoms with Gasteiger partial charge < -0.3 is 15.1 Å². The van der Waals surface area contributed by atoms with E-state index in [-0.39, 0.29) is 16.8 Å². The third-order valence-corrected chi connectivity index (χ3v) is 7.37. The number of likely N-dealkylation sites (N-methyl/N-ethyl adjacent to an activating group) is 2. The van der Waals surface area contributed by atoms with Gasteiger partial charge in [-0.1, -0.05) is 30.3 Å². The van der Waals surface area contributed by atoms with Crippen LogP contribution in [0.4, 0.5) is 23.1 Å². The first-order valence-electron chi connectivity index (χ1n) is 10.7. The molecule has 2 heterocycles. The Balaban J connectivity index is 1.39. The lowest BCUT2D eigenvalue weighted by atomic mass is 10.0. The molecule has 1 saturated carbocycles. The predicted octanol–water partition coefficient (Wildman–Crippen LogP) is 2.81. The second-order valence-corrected chi connectivity index (χ2v) is 9.98. The number of carbonyl (C=O) groups excluding carboxylic acids is 1. The van der Waals surface area contributed by atoms with Gasteiger partial charge in [0.25, 0.3) is 5.91 Å². The van der Waals surface area contributed by atoms with Gasteiger partial charge in [-0.2, -0.15) is 4.98 Å². The Morgan fingerprint density at radius 1 is 1.00 bits per heavy atom. The monoisotopic (exact) mass is 464 g/mol. The average molecular weight is 465 g/mol. The van der Waals surface area contributed by atoms with Gasteiger partial charge in [0.05, 0.1) is 11.1 Å². The maximum absolute atomic E-state index is 13.0. The molecule has 1 unspecified atom stereocenters. The zero-order valence-electron chi connectivity index (χ0n) is 18.3. The second-order valence-electron chi connectivity index (χ2n) is 8.27. The lowest BCUT2D eigenvalue weighted by Crippen LogP contribution is -2.45. The molecule has 2 aromatic carbocycles. The number of aromatic nitrogens is 2. The smallest absolute Gasteiger partial charge is 0.254 e. The summed E-state index contributed by atoms with van der Waals surface area (Å²) >= 11 is 0. The normalized spacial score (nSPS) is 18.2. The van der Waals surface area contributed by atoms with Crippen LogP contribution in [0.3, 0.4) is 0 Å². The Labute approximate surface area is 192 Å². The van der Waals surface area contributed by atoms with Gasteiger partial charge in [0, 0.05) is 25.8 Å². The largest absolute Gasteiger partial charge is 0.342 e. The van der Waals surface area contributed by atoms with E-state index in [2.05, 4.69) is 20.0 Å². The van der Waals surface area contributed by atoms with Crippen LogP contribution in [0.25, 0.3) is 0 Å². The van der Waals surface area contributed by atoms with E-state index in [0.29, 0.717) is 23.1 Å². The highest BCUT2D eigenvalue weighted by Gasteiger charge is 2.37. The van der Waals surface area contributed by atoms with Crippen molar-refractivity contribution in [3.8, 4) is 0 Å². The molecular formula is C23H24N6O3S. The summed E-state index contributed by atoms with van der Waals surface area (Å²) in [5.41, 5.74) is 2.16. The first-order valence-corrected chi connectivity index (χ1v) is 12.1. The Morgan fingerprint density at radius 3 is 2.36 bits per heavy atom. The van der Waals surface area contributed by atoms with Crippen molar-refractivity contribution in [2.75, 3.05) is 29.2 Å². The van der Waals surface area contributed by atoms with Gasteiger partial charge in [-0.25, -0.2) is 18.1 Å². The van der Waals surface area contributed by atoms with Crippen molar-refractivity contribution >= 4 is 39.1 Å². The fraction of sp³-hybridized carbons (Fsp3) is 0.261. The van der Waals surface area contributed by atoms with Crippen molar-refractivity contribution in [3.05, 3.63) is 66.4 Å². The molecule has 33 heavy (non-hydrogen) atoms. The molecule has 2 N–H and O–H groups in total. The van der Waals surface area contributed by atoms with Crippen molar-refractivity contribution in [3.63, 3.8) is 0 Å². The molecule has 1 aromatic heterocycles. The zero-order valence-corrected chi connectivity index (χ0v) is 19.1. The Kier molecular flexibility index (Phi) is 5.26. The predicted molar refractivity (Wildman–Crippen MR) is 126 cm³/mol. The molecule has 1 aliphatic carbocycles.